The maximum absolute atomic E-state index is 3.60. The highest BCUT2D eigenvalue weighted by atomic mass is 14.9. The molecule has 1 N–H and O–H groups in total. The zero-order chi connectivity index (χ0) is 16.6. The molecule has 0 bridgehead atoms. The van der Waals surface area contributed by atoms with E-state index in [1.165, 1.54) is 39.2 Å². The standard InChI is InChI=1S/C24H19N/c1-3-7-17(8-4-1)19-11-13-23-21(15-19)22-16-20(12-14-24(22)25-23)18-9-5-2-6-10-18/h1-15,22,25H,16H2. The molecule has 2 aliphatic rings. The summed E-state index contributed by atoms with van der Waals surface area (Å²) in [5.41, 5.74) is 9.28. The lowest BCUT2D eigenvalue weighted by Gasteiger charge is -2.20. The Kier molecular flexibility index (Phi) is 3.31. The SMILES string of the molecule is C1=C(c2ccccc2)CC2C(=C1)Nc1ccc(-c3ccccc3)cc12. The Bertz CT molecular complexity index is 981. The number of rotatable bonds is 2. The molecule has 1 heterocycles. The smallest absolute Gasteiger partial charge is 0.0421 e. The van der Waals surface area contributed by atoms with Gasteiger partial charge in [-0.15, -0.1) is 0 Å². The van der Waals surface area contributed by atoms with E-state index in [-0.39, 0.29) is 0 Å². The molecule has 0 amide bonds. The molecular formula is C24H19N. The Morgan fingerprint density at radius 1 is 0.680 bits per heavy atom. The summed E-state index contributed by atoms with van der Waals surface area (Å²) in [6.07, 6.45) is 5.56. The van der Waals surface area contributed by atoms with Crippen molar-refractivity contribution in [1.29, 1.82) is 0 Å². The van der Waals surface area contributed by atoms with Crippen molar-refractivity contribution >= 4 is 11.3 Å². The summed E-state index contributed by atoms with van der Waals surface area (Å²) in [5, 5.41) is 3.60. The Morgan fingerprint density at radius 2 is 1.40 bits per heavy atom. The summed E-state index contributed by atoms with van der Waals surface area (Å²) < 4.78 is 0. The van der Waals surface area contributed by atoms with Crippen molar-refractivity contribution < 1.29 is 0 Å². The maximum Gasteiger partial charge on any atom is 0.0421 e. The van der Waals surface area contributed by atoms with Crippen LogP contribution in [0.2, 0.25) is 0 Å². The molecule has 1 aliphatic carbocycles. The van der Waals surface area contributed by atoms with Crippen molar-refractivity contribution in [2.24, 2.45) is 0 Å². The first-order chi connectivity index (χ1) is 12.4. The van der Waals surface area contributed by atoms with Gasteiger partial charge in [0.15, 0.2) is 0 Å². The lowest BCUT2D eigenvalue weighted by molar-refractivity contribution is 0.850. The second-order valence-electron chi connectivity index (χ2n) is 6.73. The molecular weight excluding hydrogens is 302 g/mol. The predicted octanol–water partition coefficient (Wildman–Crippen LogP) is 6.23. The Hall–Kier alpha value is -3.06. The summed E-state index contributed by atoms with van der Waals surface area (Å²) >= 11 is 0. The molecule has 0 fully saturated rings. The lowest BCUT2D eigenvalue weighted by Crippen LogP contribution is -2.05. The van der Waals surface area contributed by atoms with Gasteiger partial charge in [0.05, 0.1) is 0 Å². The Balaban J connectivity index is 1.52. The highest BCUT2D eigenvalue weighted by molar-refractivity contribution is 5.78. The molecule has 0 aromatic heterocycles. The first-order valence-corrected chi connectivity index (χ1v) is 8.81. The molecule has 1 unspecified atom stereocenters. The molecule has 1 aliphatic heterocycles. The summed E-state index contributed by atoms with van der Waals surface area (Å²) in [6.45, 7) is 0. The third-order valence-electron chi connectivity index (χ3n) is 5.22. The molecule has 0 spiro atoms. The minimum absolute atomic E-state index is 0.430. The second-order valence-corrected chi connectivity index (χ2v) is 6.73. The molecule has 0 saturated heterocycles. The number of hydrogen-bond donors (Lipinski definition) is 1. The van der Waals surface area contributed by atoms with Gasteiger partial charge in [-0.3, -0.25) is 0 Å². The van der Waals surface area contributed by atoms with Crippen molar-refractivity contribution in [2.75, 3.05) is 5.32 Å². The zero-order valence-electron chi connectivity index (χ0n) is 13.9. The molecule has 1 heteroatoms. The van der Waals surface area contributed by atoms with Crippen LogP contribution < -0.4 is 5.32 Å². The maximum atomic E-state index is 3.60. The van der Waals surface area contributed by atoms with Gasteiger partial charge in [-0.25, -0.2) is 0 Å². The number of fused-ring (bicyclic) bond motifs is 3. The van der Waals surface area contributed by atoms with Crippen LogP contribution in [-0.2, 0) is 0 Å². The Morgan fingerprint density at radius 3 is 2.16 bits per heavy atom. The first kappa shape index (κ1) is 14.3. The van der Waals surface area contributed by atoms with Crippen molar-refractivity contribution in [2.45, 2.75) is 12.3 Å². The van der Waals surface area contributed by atoms with Crippen LogP contribution in [0, 0.1) is 0 Å². The van der Waals surface area contributed by atoms with Gasteiger partial charge in [-0.05, 0) is 52.5 Å². The van der Waals surface area contributed by atoms with Crippen molar-refractivity contribution in [3.63, 3.8) is 0 Å². The molecule has 5 rings (SSSR count). The molecule has 1 nitrogen and oxygen atoms in total. The molecule has 25 heavy (non-hydrogen) atoms. The third-order valence-corrected chi connectivity index (χ3v) is 5.22. The van der Waals surface area contributed by atoms with E-state index in [2.05, 4.69) is 96.3 Å². The van der Waals surface area contributed by atoms with E-state index in [9.17, 15) is 0 Å². The fourth-order valence-corrected chi connectivity index (χ4v) is 3.91. The quantitative estimate of drug-likeness (QED) is 0.589. The van der Waals surface area contributed by atoms with E-state index >= 15 is 0 Å². The van der Waals surface area contributed by atoms with Crippen LogP contribution in [-0.4, -0.2) is 0 Å². The number of anilines is 1. The van der Waals surface area contributed by atoms with Crippen molar-refractivity contribution in [1.82, 2.24) is 0 Å². The highest BCUT2D eigenvalue weighted by Crippen LogP contribution is 2.47. The average Bonchev–Trinajstić information content (AvgIpc) is 3.06. The molecule has 3 aromatic rings. The largest absolute Gasteiger partial charge is 0.358 e. The molecule has 120 valence electrons. The number of nitrogens with one attached hydrogen (secondary N) is 1. The van der Waals surface area contributed by atoms with Gasteiger partial charge in [-0.2, -0.15) is 0 Å². The van der Waals surface area contributed by atoms with E-state index in [4.69, 9.17) is 0 Å². The van der Waals surface area contributed by atoms with E-state index in [0.29, 0.717) is 5.92 Å². The summed E-state index contributed by atoms with van der Waals surface area (Å²) in [7, 11) is 0. The molecule has 0 saturated carbocycles. The third kappa shape index (κ3) is 2.49. The number of hydrogen-bond acceptors (Lipinski definition) is 1. The monoisotopic (exact) mass is 321 g/mol. The van der Waals surface area contributed by atoms with E-state index in [0.717, 1.165) is 6.42 Å². The van der Waals surface area contributed by atoms with Gasteiger partial charge in [0.25, 0.3) is 0 Å². The highest BCUT2D eigenvalue weighted by Gasteiger charge is 2.30. The molecule has 3 aromatic carbocycles. The van der Waals surface area contributed by atoms with Crippen molar-refractivity contribution in [3.8, 4) is 11.1 Å². The van der Waals surface area contributed by atoms with Gasteiger partial charge < -0.3 is 5.32 Å². The number of benzene rings is 3. The fraction of sp³-hybridized carbons (Fsp3) is 0.0833. The molecule has 1 atom stereocenters. The van der Waals surface area contributed by atoms with Gasteiger partial charge in [-0.1, -0.05) is 72.8 Å². The summed E-state index contributed by atoms with van der Waals surface area (Å²) in [5.74, 6) is 0.430. The van der Waals surface area contributed by atoms with Crippen LogP contribution in [0.4, 0.5) is 5.69 Å². The van der Waals surface area contributed by atoms with Crippen molar-refractivity contribution in [3.05, 3.63) is 108 Å². The van der Waals surface area contributed by atoms with E-state index in [1.807, 2.05) is 0 Å². The van der Waals surface area contributed by atoms with Crippen LogP contribution in [0.15, 0.2) is 96.7 Å². The van der Waals surface area contributed by atoms with Gasteiger partial charge >= 0.3 is 0 Å². The first-order valence-electron chi connectivity index (χ1n) is 8.81. The van der Waals surface area contributed by atoms with Crippen LogP contribution in [0.1, 0.15) is 23.5 Å². The van der Waals surface area contributed by atoms with Crippen LogP contribution in [0.3, 0.4) is 0 Å². The zero-order valence-corrected chi connectivity index (χ0v) is 13.9. The summed E-state index contributed by atoms with van der Waals surface area (Å²) in [4.78, 5) is 0. The van der Waals surface area contributed by atoms with Crippen LogP contribution >= 0.6 is 0 Å². The normalized spacial score (nSPS) is 17.8. The summed E-state index contributed by atoms with van der Waals surface area (Å²) in [6, 6.07) is 28.1. The average molecular weight is 321 g/mol. The van der Waals surface area contributed by atoms with Crippen LogP contribution in [0.5, 0.6) is 0 Å². The topological polar surface area (TPSA) is 12.0 Å². The Labute approximate surface area is 148 Å². The minimum atomic E-state index is 0.430. The van der Waals surface area contributed by atoms with Gasteiger partial charge in [0.1, 0.15) is 0 Å². The second kappa shape index (κ2) is 5.78. The van der Waals surface area contributed by atoms with Gasteiger partial charge in [0, 0.05) is 17.3 Å². The lowest BCUT2D eigenvalue weighted by atomic mass is 9.84. The fourth-order valence-electron chi connectivity index (χ4n) is 3.91. The molecule has 0 radical (unpaired) electrons. The van der Waals surface area contributed by atoms with Gasteiger partial charge in [0.2, 0.25) is 0 Å². The number of allylic oxidation sites excluding steroid dienone is 4. The van der Waals surface area contributed by atoms with E-state index in [1.54, 1.807) is 0 Å². The van der Waals surface area contributed by atoms with E-state index < -0.39 is 0 Å². The van der Waals surface area contributed by atoms with Crippen LogP contribution in [0.25, 0.3) is 16.7 Å². The minimum Gasteiger partial charge on any atom is -0.358 e. The predicted molar refractivity (Wildman–Crippen MR) is 105 cm³/mol.